The molecule has 5 heteroatoms. The first kappa shape index (κ1) is 11.7. The molecule has 0 aromatic heterocycles. The first-order valence-electron chi connectivity index (χ1n) is 4.57. The molecule has 1 unspecified atom stereocenters. The number of thiol groups is 1. The molecule has 1 aromatic rings. The Kier molecular flexibility index (Phi) is 4.83. The molecule has 0 heterocycles. The third kappa shape index (κ3) is 5.17. The van der Waals surface area contributed by atoms with Crippen LogP contribution in [0.15, 0.2) is 30.3 Å². The summed E-state index contributed by atoms with van der Waals surface area (Å²) in [5.41, 5.74) is 4.92. The first-order chi connectivity index (χ1) is 7.18. The molecule has 1 aromatic carbocycles. The van der Waals surface area contributed by atoms with Gasteiger partial charge in [-0.3, -0.25) is 0 Å². The largest absolute Gasteiger partial charge is 0.492 e. The Morgan fingerprint density at radius 3 is 2.73 bits per heavy atom. The molecule has 0 saturated heterocycles. The van der Waals surface area contributed by atoms with Gasteiger partial charge in [-0.1, -0.05) is 18.2 Å². The Bertz CT molecular complexity index is 306. The van der Waals surface area contributed by atoms with E-state index in [9.17, 15) is 4.79 Å². The van der Waals surface area contributed by atoms with E-state index in [1.807, 2.05) is 30.3 Å². The minimum Gasteiger partial charge on any atom is -0.492 e. The van der Waals surface area contributed by atoms with E-state index in [1.165, 1.54) is 0 Å². The quantitative estimate of drug-likeness (QED) is 0.657. The van der Waals surface area contributed by atoms with Gasteiger partial charge in [0.05, 0.1) is 5.25 Å². The van der Waals surface area contributed by atoms with Crippen LogP contribution in [0.2, 0.25) is 0 Å². The van der Waals surface area contributed by atoms with Crippen molar-refractivity contribution in [3.63, 3.8) is 0 Å². The van der Waals surface area contributed by atoms with E-state index < -0.39 is 6.03 Å². The van der Waals surface area contributed by atoms with Crippen LogP contribution in [0.3, 0.4) is 0 Å². The highest BCUT2D eigenvalue weighted by Crippen LogP contribution is 2.09. The molecule has 0 radical (unpaired) electrons. The maximum absolute atomic E-state index is 10.4. The van der Waals surface area contributed by atoms with Gasteiger partial charge in [0.2, 0.25) is 0 Å². The Balaban J connectivity index is 2.22. The number of benzene rings is 1. The van der Waals surface area contributed by atoms with Crippen molar-refractivity contribution in [2.45, 2.75) is 5.25 Å². The van der Waals surface area contributed by atoms with Crippen LogP contribution in [0.1, 0.15) is 0 Å². The highest BCUT2D eigenvalue weighted by Gasteiger charge is 2.04. The van der Waals surface area contributed by atoms with Gasteiger partial charge >= 0.3 is 6.03 Å². The molecule has 4 nitrogen and oxygen atoms in total. The number of carbonyl (C=O) groups excluding carboxylic acids is 1. The zero-order valence-electron chi connectivity index (χ0n) is 8.22. The molecule has 3 N–H and O–H groups in total. The second-order valence-corrected chi connectivity index (χ2v) is 3.75. The van der Waals surface area contributed by atoms with E-state index in [1.54, 1.807) is 0 Å². The van der Waals surface area contributed by atoms with Crippen LogP contribution in [-0.4, -0.2) is 24.4 Å². The van der Waals surface area contributed by atoms with E-state index in [-0.39, 0.29) is 5.25 Å². The number of urea groups is 1. The number of hydrogen-bond acceptors (Lipinski definition) is 3. The summed E-state index contributed by atoms with van der Waals surface area (Å²) in [4.78, 5) is 10.4. The van der Waals surface area contributed by atoms with Crippen molar-refractivity contribution >= 4 is 18.7 Å². The summed E-state index contributed by atoms with van der Waals surface area (Å²) >= 11 is 4.24. The molecule has 0 aliphatic rings. The number of primary amides is 1. The molecular formula is C10H14N2O2S. The lowest BCUT2D eigenvalue weighted by atomic mass is 10.3. The molecule has 0 bridgehead atoms. The smallest absolute Gasteiger partial charge is 0.312 e. The Hall–Kier alpha value is -1.36. The van der Waals surface area contributed by atoms with E-state index in [4.69, 9.17) is 10.5 Å². The van der Waals surface area contributed by atoms with Crippen LogP contribution in [0.5, 0.6) is 5.75 Å². The van der Waals surface area contributed by atoms with Crippen molar-refractivity contribution in [2.24, 2.45) is 5.73 Å². The maximum Gasteiger partial charge on any atom is 0.312 e. The molecule has 0 aliphatic heterocycles. The number of nitrogens with one attached hydrogen (secondary N) is 1. The average Bonchev–Trinajstić information content (AvgIpc) is 2.25. The lowest BCUT2D eigenvalue weighted by Gasteiger charge is -2.12. The van der Waals surface area contributed by atoms with E-state index >= 15 is 0 Å². The third-order valence-corrected chi connectivity index (χ3v) is 2.03. The van der Waals surface area contributed by atoms with Gasteiger partial charge in [0.1, 0.15) is 12.4 Å². The van der Waals surface area contributed by atoms with E-state index in [2.05, 4.69) is 17.9 Å². The Morgan fingerprint density at radius 2 is 2.13 bits per heavy atom. The molecule has 1 rings (SSSR count). The van der Waals surface area contributed by atoms with Crippen molar-refractivity contribution in [1.29, 1.82) is 0 Å². The topological polar surface area (TPSA) is 64.4 Å². The zero-order valence-corrected chi connectivity index (χ0v) is 9.11. The molecule has 82 valence electrons. The van der Waals surface area contributed by atoms with Crippen LogP contribution in [0, 0.1) is 0 Å². The highest BCUT2D eigenvalue weighted by molar-refractivity contribution is 7.81. The fourth-order valence-corrected chi connectivity index (χ4v) is 1.15. The number of carbonyl (C=O) groups is 1. The van der Waals surface area contributed by atoms with Crippen molar-refractivity contribution in [2.75, 3.05) is 13.2 Å². The lowest BCUT2D eigenvalue weighted by Crippen LogP contribution is -2.36. The first-order valence-corrected chi connectivity index (χ1v) is 5.09. The monoisotopic (exact) mass is 226 g/mol. The van der Waals surface area contributed by atoms with Crippen LogP contribution < -0.4 is 15.8 Å². The minimum absolute atomic E-state index is 0.0716. The second-order valence-electron chi connectivity index (χ2n) is 3.02. The maximum atomic E-state index is 10.4. The molecule has 0 fully saturated rings. The number of amides is 2. The molecule has 15 heavy (non-hydrogen) atoms. The summed E-state index contributed by atoms with van der Waals surface area (Å²) < 4.78 is 5.43. The van der Waals surface area contributed by atoms with Crippen molar-refractivity contribution < 1.29 is 9.53 Å². The summed E-state index contributed by atoms with van der Waals surface area (Å²) in [5, 5.41) is 2.39. The van der Waals surface area contributed by atoms with E-state index in [0.717, 1.165) is 5.75 Å². The Morgan fingerprint density at radius 1 is 1.47 bits per heavy atom. The highest BCUT2D eigenvalue weighted by atomic mass is 32.1. The number of para-hydroxylation sites is 1. The fourth-order valence-electron chi connectivity index (χ4n) is 0.986. The number of rotatable bonds is 5. The minimum atomic E-state index is -0.547. The standard InChI is InChI=1S/C10H14N2O2S/c11-10(13)12-6-9(15)7-14-8-4-2-1-3-5-8/h1-5,9,15H,6-7H2,(H3,11,12,13). The molecule has 0 spiro atoms. The Labute approximate surface area is 94.2 Å². The van der Waals surface area contributed by atoms with Crippen LogP contribution in [0.4, 0.5) is 4.79 Å². The summed E-state index contributed by atoms with van der Waals surface area (Å²) in [5.74, 6) is 0.788. The summed E-state index contributed by atoms with van der Waals surface area (Å²) in [7, 11) is 0. The normalized spacial score (nSPS) is 11.8. The zero-order chi connectivity index (χ0) is 11.1. The molecular weight excluding hydrogens is 212 g/mol. The predicted octanol–water partition coefficient (Wildman–Crippen LogP) is 1.03. The average molecular weight is 226 g/mol. The number of nitrogens with two attached hydrogens (primary N) is 1. The van der Waals surface area contributed by atoms with Crippen LogP contribution >= 0.6 is 12.6 Å². The number of ether oxygens (including phenoxy) is 1. The predicted molar refractivity (Wildman–Crippen MR) is 62.3 cm³/mol. The summed E-state index contributed by atoms with van der Waals surface area (Å²) in [6.07, 6.45) is 0. The lowest BCUT2D eigenvalue weighted by molar-refractivity contribution is 0.247. The fraction of sp³-hybridized carbons (Fsp3) is 0.300. The molecule has 0 saturated carbocycles. The van der Waals surface area contributed by atoms with Crippen molar-refractivity contribution in [3.05, 3.63) is 30.3 Å². The van der Waals surface area contributed by atoms with E-state index in [0.29, 0.717) is 13.2 Å². The van der Waals surface area contributed by atoms with Gasteiger partial charge in [-0.15, -0.1) is 0 Å². The van der Waals surface area contributed by atoms with Crippen molar-refractivity contribution in [3.8, 4) is 5.75 Å². The van der Waals surface area contributed by atoms with Gasteiger partial charge in [-0.2, -0.15) is 12.6 Å². The SMILES string of the molecule is NC(=O)NCC(S)COc1ccccc1. The van der Waals surface area contributed by atoms with Gasteiger partial charge in [-0.25, -0.2) is 4.79 Å². The molecule has 1 atom stereocenters. The van der Waals surface area contributed by atoms with Gasteiger partial charge in [0, 0.05) is 6.54 Å². The molecule has 2 amide bonds. The second kappa shape index (κ2) is 6.19. The van der Waals surface area contributed by atoms with Gasteiger partial charge in [-0.05, 0) is 12.1 Å². The van der Waals surface area contributed by atoms with Crippen molar-refractivity contribution in [1.82, 2.24) is 5.32 Å². The summed E-state index contributed by atoms with van der Waals surface area (Å²) in [6, 6.07) is 8.88. The molecule has 0 aliphatic carbocycles. The number of hydrogen-bond donors (Lipinski definition) is 3. The van der Waals surface area contributed by atoms with Gasteiger partial charge < -0.3 is 15.8 Å². The third-order valence-electron chi connectivity index (χ3n) is 1.70. The van der Waals surface area contributed by atoms with Crippen LogP contribution in [0.25, 0.3) is 0 Å². The van der Waals surface area contributed by atoms with Gasteiger partial charge in [0.15, 0.2) is 0 Å². The van der Waals surface area contributed by atoms with Crippen LogP contribution in [-0.2, 0) is 0 Å². The van der Waals surface area contributed by atoms with Gasteiger partial charge in [0.25, 0.3) is 0 Å². The summed E-state index contributed by atoms with van der Waals surface area (Å²) in [6.45, 7) is 0.818.